The summed E-state index contributed by atoms with van der Waals surface area (Å²) < 4.78 is 32.7. The highest BCUT2D eigenvalue weighted by Crippen LogP contribution is 2.29. The molecule has 1 aromatic heterocycles. The fourth-order valence-corrected chi connectivity index (χ4v) is 2.71. The van der Waals surface area contributed by atoms with Crippen LogP contribution in [0.5, 0.6) is 5.75 Å². The molecule has 0 bridgehead atoms. The average molecular weight is 378 g/mol. The Morgan fingerprint density at radius 3 is 2.58 bits per heavy atom. The van der Waals surface area contributed by atoms with E-state index < -0.39 is 17.7 Å². The maximum atomic E-state index is 14.0. The molecular weight excluding hydrogens is 364 g/mol. The topological polar surface area (TPSA) is 63.2 Å². The molecule has 0 saturated carbocycles. The van der Waals surface area contributed by atoms with Crippen LogP contribution < -0.4 is 15.4 Å². The van der Waals surface area contributed by atoms with Gasteiger partial charge in [-0.2, -0.15) is 0 Å². The molecule has 2 aromatic carbocycles. The van der Waals surface area contributed by atoms with Gasteiger partial charge in [-0.15, -0.1) is 0 Å². The van der Waals surface area contributed by atoms with Gasteiger partial charge in [0.1, 0.15) is 17.1 Å². The molecule has 0 unspecified atom stereocenters. The number of aryl methyl sites for hydroxylation is 1. The second-order valence-corrected chi connectivity index (χ2v) is 5.96. The van der Waals surface area contributed by atoms with E-state index in [2.05, 4.69) is 15.6 Å². The standard InChI is InChI=1S/C18H14ClF2N3O2/c1-9-5-14(12-7-11(20)8-13(21)17(12)22-9)23-18(25)24-15-6-10(19)3-4-16(15)26-2/h3-8H,1-2H3,(H2,22,23,24,25). The molecule has 2 amide bonds. The number of ether oxygens (including phenoxy) is 1. The van der Waals surface area contributed by atoms with Gasteiger partial charge in [0.25, 0.3) is 0 Å². The molecule has 0 aliphatic heterocycles. The van der Waals surface area contributed by atoms with Gasteiger partial charge >= 0.3 is 6.03 Å². The van der Waals surface area contributed by atoms with Crippen LogP contribution in [0.3, 0.4) is 0 Å². The van der Waals surface area contributed by atoms with Crippen molar-refractivity contribution in [1.29, 1.82) is 0 Å². The number of methoxy groups -OCH3 is 1. The summed E-state index contributed by atoms with van der Waals surface area (Å²) in [6.07, 6.45) is 0. The third kappa shape index (κ3) is 3.67. The van der Waals surface area contributed by atoms with Crippen LogP contribution in [0, 0.1) is 18.6 Å². The number of amides is 2. The first-order chi connectivity index (χ1) is 12.4. The number of halogens is 3. The Balaban J connectivity index is 1.94. The molecule has 0 fully saturated rings. The highest BCUT2D eigenvalue weighted by Gasteiger charge is 2.14. The highest BCUT2D eigenvalue weighted by molar-refractivity contribution is 6.31. The van der Waals surface area contributed by atoms with E-state index in [9.17, 15) is 13.6 Å². The number of anilines is 2. The molecular formula is C18H14ClF2N3O2. The van der Waals surface area contributed by atoms with Gasteiger partial charge in [-0.25, -0.2) is 18.6 Å². The van der Waals surface area contributed by atoms with E-state index in [4.69, 9.17) is 16.3 Å². The highest BCUT2D eigenvalue weighted by atomic mass is 35.5. The van der Waals surface area contributed by atoms with Gasteiger partial charge < -0.3 is 15.4 Å². The number of fused-ring (bicyclic) bond motifs is 1. The lowest BCUT2D eigenvalue weighted by atomic mass is 10.1. The van der Waals surface area contributed by atoms with Crippen molar-refractivity contribution in [1.82, 2.24) is 4.98 Å². The number of benzene rings is 2. The number of rotatable bonds is 3. The minimum atomic E-state index is -0.802. The predicted molar refractivity (Wildman–Crippen MR) is 97.0 cm³/mol. The minimum Gasteiger partial charge on any atom is -0.495 e. The number of carbonyl (C=O) groups is 1. The molecule has 0 spiro atoms. The van der Waals surface area contributed by atoms with Crippen molar-refractivity contribution >= 4 is 39.9 Å². The molecule has 0 aliphatic carbocycles. The van der Waals surface area contributed by atoms with Crippen LogP contribution in [0.2, 0.25) is 5.02 Å². The van der Waals surface area contributed by atoms with Gasteiger partial charge in [-0.1, -0.05) is 11.6 Å². The predicted octanol–water partition coefficient (Wildman–Crippen LogP) is 5.13. The summed E-state index contributed by atoms with van der Waals surface area (Å²) in [6.45, 7) is 1.64. The zero-order chi connectivity index (χ0) is 18.8. The molecule has 8 heteroatoms. The summed E-state index contributed by atoms with van der Waals surface area (Å²) in [5, 5.41) is 5.74. The number of nitrogens with one attached hydrogen (secondary N) is 2. The molecule has 0 saturated heterocycles. The lowest BCUT2D eigenvalue weighted by Gasteiger charge is -2.13. The average Bonchev–Trinajstić information content (AvgIpc) is 2.56. The van der Waals surface area contributed by atoms with E-state index in [1.807, 2.05) is 0 Å². The summed E-state index contributed by atoms with van der Waals surface area (Å²) in [4.78, 5) is 16.4. The third-order valence-corrected chi connectivity index (χ3v) is 3.85. The van der Waals surface area contributed by atoms with Gasteiger partial charge in [0.15, 0.2) is 5.82 Å². The monoisotopic (exact) mass is 377 g/mol. The Morgan fingerprint density at radius 2 is 1.85 bits per heavy atom. The molecule has 3 rings (SSSR count). The molecule has 0 aliphatic rings. The first kappa shape index (κ1) is 17.9. The van der Waals surface area contributed by atoms with Crippen LogP contribution in [0.25, 0.3) is 10.9 Å². The maximum Gasteiger partial charge on any atom is 0.323 e. The van der Waals surface area contributed by atoms with E-state index in [0.717, 1.165) is 12.1 Å². The van der Waals surface area contributed by atoms with Gasteiger partial charge in [0.05, 0.1) is 18.5 Å². The largest absolute Gasteiger partial charge is 0.495 e. The molecule has 0 radical (unpaired) electrons. The van der Waals surface area contributed by atoms with Crippen molar-refractivity contribution in [3.05, 3.63) is 58.7 Å². The summed E-state index contributed by atoms with van der Waals surface area (Å²) in [6, 6.07) is 7.51. The molecule has 3 aromatic rings. The smallest absolute Gasteiger partial charge is 0.323 e. The Morgan fingerprint density at radius 1 is 1.12 bits per heavy atom. The van der Waals surface area contributed by atoms with Crippen molar-refractivity contribution in [3.8, 4) is 5.75 Å². The molecule has 26 heavy (non-hydrogen) atoms. The number of pyridine rings is 1. The Kier molecular flexibility index (Phi) is 4.90. The summed E-state index contributed by atoms with van der Waals surface area (Å²) >= 11 is 5.93. The molecule has 2 N–H and O–H groups in total. The van der Waals surface area contributed by atoms with Crippen molar-refractivity contribution in [2.75, 3.05) is 17.7 Å². The zero-order valence-corrected chi connectivity index (χ0v) is 14.6. The summed E-state index contributed by atoms with van der Waals surface area (Å²) in [5.41, 5.74) is 1.02. The van der Waals surface area contributed by atoms with Gasteiger partial charge in [0.2, 0.25) is 0 Å². The molecule has 5 nitrogen and oxygen atoms in total. The Labute approximate surface area is 152 Å². The molecule has 1 heterocycles. The van der Waals surface area contributed by atoms with Gasteiger partial charge in [-0.05, 0) is 37.3 Å². The zero-order valence-electron chi connectivity index (χ0n) is 13.9. The number of hydrogen-bond donors (Lipinski definition) is 2. The van der Waals surface area contributed by atoms with Crippen LogP contribution in [0.1, 0.15) is 5.69 Å². The summed E-state index contributed by atoms with van der Waals surface area (Å²) in [5.74, 6) is -1.15. The van der Waals surface area contributed by atoms with E-state index in [1.54, 1.807) is 19.1 Å². The lowest BCUT2D eigenvalue weighted by molar-refractivity contribution is 0.262. The second-order valence-electron chi connectivity index (χ2n) is 5.52. The number of aromatic nitrogens is 1. The lowest BCUT2D eigenvalue weighted by Crippen LogP contribution is -2.20. The Hall–Kier alpha value is -2.93. The van der Waals surface area contributed by atoms with Crippen LogP contribution >= 0.6 is 11.6 Å². The molecule has 0 atom stereocenters. The van der Waals surface area contributed by atoms with Crippen molar-refractivity contribution < 1.29 is 18.3 Å². The third-order valence-electron chi connectivity index (χ3n) is 3.62. The van der Waals surface area contributed by atoms with E-state index >= 15 is 0 Å². The van der Waals surface area contributed by atoms with Crippen LogP contribution in [-0.2, 0) is 0 Å². The minimum absolute atomic E-state index is 0.0259. The fraction of sp³-hybridized carbons (Fsp3) is 0.111. The van der Waals surface area contributed by atoms with Crippen LogP contribution in [-0.4, -0.2) is 18.1 Å². The first-order valence-corrected chi connectivity index (χ1v) is 7.93. The number of urea groups is 1. The van der Waals surface area contributed by atoms with Gasteiger partial charge in [0, 0.05) is 22.2 Å². The van der Waals surface area contributed by atoms with Crippen LogP contribution in [0.4, 0.5) is 25.0 Å². The van der Waals surface area contributed by atoms with Crippen molar-refractivity contribution in [3.63, 3.8) is 0 Å². The van der Waals surface area contributed by atoms with Crippen molar-refractivity contribution in [2.45, 2.75) is 6.92 Å². The SMILES string of the molecule is COc1ccc(Cl)cc1NC(=O)Nc1cc(C)nc2c(F)cc(F)cc12. The van der Waals surface area contributed by atoms with E-state index in [1.165, 1.54) is 19.2 Å². The van der Waals surface area contributed by atoms with Gasteiger partial charge in [-0.3, -0.25) is 0 Å². The quantitative estimate of drug-likeness (QED) is 0.665. The maximum absolute atomic E-state index is 14.0. The van der Waals surface area contributed by atoms with E-state index in [-0.39, 0.29) is 16.6 Å². The van der Waals surface area contributed by atoms with Crippen molar-refractivity contribution in [2.24, 2.45) is 0 Å². The van der Waals surface area contributed by atoms with E-state index in [0.29, 0.717) is 22.2 Å². The number of nitrogens with zero attached hydrogens (tertiary/aromatic N) is 1. The second kappa shape index (κ2) is 7.13. The Bertz CT molecular complexity index is 1010. The normalized spacial score (nSPS) is 10.7. The fourth-order valence-electron chi connectivity index (χ4n) is 2.54. The first-order valence-electron chi connectivity index (χ1n) is 7.55. The van der Waals surface area contributed by atoms with Crippen LogP contribution in [0.15, 0.2) is 36.4 Å². The number of hydrogen-bond acceptors (Lipinski definition) is 3. The number of carbonyl (C=O) groups excluding carboxylic acids is 1. The molecule has 134 valence electrons. The summed E-state index contributed by atoms with van der Waals surface area (Å²) in [7, 11) is 1.46.